The zero-order chi connectivity index (χ0) is 24.9. The second-order valence-corrected chi connectivity index (χ2v) is 9.21. The molecule has 0 spiro atoms. The fraction of sp³-hybridized carbons (Fsp3) is 0.360. The van der Waals surface area contributed by atoms with Gasteiger partial charge in [0, 0.05) is 28.3 Å². The number of aliphatic hydroxyl groups is 1. The van der Waals surface area contributed by atoms with Gasteiger partial charge in [0.25, 0.3) is 0 Å². The molecule has 3 N–H and O–H groups in total. The van der Waals surface area contributed by atoms with Crippen molar-refractivity contribution in [2.45, 2.75) is 49.9 Å². The number of H-pyrrole nitrogens is 1. The Kier molecular flexibility index (Phi) is 5.61. The SMILES string of the molecule is COc1c(CC#N)ccc2c1C(C)(C)CC(O)(C(F)(F)F)C2Nc1cccc2[nH]c(=O)ccc12. The van der Waals surface area contributed by atoms with Crippen LogP contribution in [0.5, 0.6) is 5.75 Å². The summed E-state index contributed by atoms with van der Waals surface area (Å²) in [5, 5.41) is 23.9. The lowest BCUT2D eigenvalue weighted by Gasteiger charge is -2.49. The molecule has 2 unspecified atom stereocenters. The number of fused-ring (bicyclic) bond motifs is 2. The molecule has 1 aromatic heterocycles. The topological polar surface area (TPSA) is 98.1 Å². The molecule has 0 amide bonds. The van der Waals surface area contributed by atoms with E-state index in [0.717, 1.165) is 0 Å². The van der Waals surface area contributed by atoms with Crippen LogP contribution in [0.3, 0.4) is 0 Å². The highest BCUT2D eigenvalue weighted by atomic mass is 19.4. The summed E-state index contributed by atoms with van der Waals surface area (Å²) in [6.07, 6.45) is -5.54. The Hall–Kier alpha value is -3.51. The van der Waals surface area contributed by atoms with Gasteiger partial charge in [-0.2, -0.15) is 18.4 Å². The van der Waals surface area contributed by atoms with Crippen LogP contribution in [0.15, 0.2) is 47.3 Å². The van der Waals surface area contributed by atoms with Gasteiger partial charge >= 0.3 is 6.18 Å². The van der Waals surface area contributed by atoms with Gasteiger partial charge < -0.3 is 20.1 Å². The molecule has 0 radical (unpaired) electrons. The highest BCUT2D eigenvalue weighted by molar-refractivity contribution is 5.91. The van der Waals surface area contributed by atoms with Crippen molar-refractivity contribution in [3.8, 4) is 11.8 Å². The van der Waals surface area contributed by atoms with Gasteiger partial charge in [-0.1, -0.05) is 32.0 Å². The van der Waals surface area contributed by atoms with Crippen LogP contribution in [0, 0.1) is 11.3 Å². The van der Waals surface area contributed by atoms with Crippen LogP contribution < -0.4 is 15.6 Å². The maximum atomic E-state index is 14.5. The number of hydrogen-bond acceptors (Lipinski definition) is 5. The number of alkyl halides is 3. The van der Waals surface area contributed by atoms with Crippen LogP contribution in [0.25, 0.3) is 10.9 Å². The van der Waals surface area contributed by atoms with E-state index in [-0.39, 0.29) is 17.5 Å². The fourth-order valence-corrected chi connectivity index (χ4v) is 5.09. The number of pyridine rings is 1. The average molecular weight is 471 g/mol. The lowest BCUT2D eigenvalue weighted by molar-refractivity contribution is -0.275. The second kappa shape index (κ2) is 8.06. The molecule has 9 heteroatoms. The van der Waals surface area contributed by atoms with Crippen molar-refractivity contribution >= 4 is 16.6 Å². The van der Waals surface area contributed by atoms with Gasteiger partial charge in [0.1, 0.15) is 5.75 Å². The Bertz CT molecular complexity index is 1360. The predicted molar refractivity (Wildman–Crippen MR) is 122 cm³/mol. The Morgan fingerprint density at radius 1 is 1.24 bits per heavy atom. The highest BCUT2D eigenvalue weighted by Gasteiger charge is 2.64. The van der Waals surface area contributed by atoms with Crippen LogP contribution in [0.1, 0.15) is 43.0 Å². The van der Waals surface area contributed by atoms with E-state index in [4.69, 9.17) is 4.74 Å². The van der Waals surface area contributed by atoms with Crippen LogP contribution >= 0.6 is 0 Å². The van der Waals surface area contributed by atoms with E-state index >= 15 is 0 Å². The molecule has 3 aromatic rings. The summed E-state index contributed by atoms with van der Waals surface area (Å²) in [6, 6.07) is 11.2. The molecule has 178 valence electrons. The van der Waals surface area contributed by atoms with Crippen molar-refractivity contribution in [3.63, 3.8) is 0 Å². The molecule has 0 aliphatic heterocycles. The van der Waals surface area contributed by atoms with Gasteiger partial charge in [-0.05, 0) is 35.6 Å². The van der Waals surface area contributed by atoms with Crippen molar-refractivity contribution in [1.29, 1.82) is 5.26 Å². The summed E-state index contributed by atoms with van der Waals surface area (Å²) < 4.78 is 48.9. The number of hydrogen-bond donors (Lipinski definition) is 3. The third-order valence-corrected chi connectivity index (χ3v) is 6.48. The van der Waals surface area contributed by atoms with Gasteiger partial charge in [0.2, 0.25) is 5.56 Å². The largest absolute Gasteiger partial charge is 0.496 e. The summed E-state index contributed by atoms with van der Waals surface area (Å²) in [6.45, 7) is 3.25. The van der Waals surface area contributed by atoms with Crippen molar-refractivity contribution in [2.75, 3.05) is 12.4 Å². The van der Waals surface area contributed by atoms with Crippen molar-refractivity contribution in [3.05, 3.63) is 69.5 Å². The number of nitrogens with zero attached hydrogens (tertiary/aromatic N) is 1. The van der Waals surface area contributed by atoms with Crippen molar-refractivity contribution in [2.24, 2.45) is 0 Å². The minimum absolute atomic E-state index is 0.0326. The number of halogens is 3. The van der Waals surface area contributed by atoms with Gasteiger partial charge in [0.05, 0.1) is 31.2 Å². The van der Waals surface area contributed by atoms with E-state index < -0.39 is 29.7 Å². The molecule has 6 nitrogen and oxygen atoms in total. The molecule has 1 aliphatic carbocycles. The minimum Gasteiger partial charge on any atom is -0.496 e. The first-order chi connectivity index (χ1) is 15.9. The van der Waals surface area contributed by atoms with Crippen molar-refractivity contribution < 1.29 is 23.0 Å². The number of aromatic amines is 1. The fourth-order valence-electron chi connectivity index (χ4n) is 5.09. The molecule has 0 bridgehead atoms. The molecule has 4 rings (SSSR count). The van der Waals surface area contributed by atoms with E-state index in [1.807, 2.05) is 0 Å². The summed E-state index contributed by atoms with van der Waals surface area (Å²) in [7, 11) is 1.42. The van der Waals surface area contributed by atoms with Crippen LogP contribution in [-0.4, -0.2) is 29.0 Å². The Morgan fingerprint density at radius 2 is 1.97 bits per heavy atom. The smallest absolute Gasteiger partial charge is 0.419 e. The van der Waals surface area contributed by atoms with Gasteiger partial charge in [-0.25, -0.2) is 0 Å². The first kappa shape index (κ1) is 23.6. The highest BCUT2D eigenvalue weighted by Crippen LogP contribution is 2.57. The van der Waals surface area contributed by atoms with E-state index in [1.165, 1.54) is 25.3 Å². The van der Waals surface area contributed by atoms with Crippen LogP contribution in [0.4, 0.5) is 18.9 Å². The number of nitrogens with one attached hydrogen (secondary N) is 2. The third kappa shape index (κ3) is 3.68. The Morgan fingerprint density at radius 3 is 2.62 bits per heavy atom. The summed E-state index contributed by atoms with van der Waals surface area (Å²) >= 11 is 0. The molecule has 34 heavy (non-hydrogen) atoms. The first-order valence-electron chi connectivity index (χ1n) is 10.7. The molecule has 1 aliphatic rings. The lowest BCUT2D eigenvalue weighted by Crippen LogP contribution is -2.58. The van der Waals surface area contributed by atoms with E-state index in [9.17, 15) is 28.3 Å². The maximum Gasteiger partial charge on any atom is 0.419 e. The molecule has 0 saturated heterocycles. The number of aromatic nitrogens is 1. The summed E-state index contributed by atoms with van der Waals surface area (Å²) in [4.78, 5) is 14.4. The monoisotopic (exact) mass is 471 g/mol. The minimum atomic E-state index is -4.95. The Labute approximate surface area is 194 Å². The Balaban J connectivity index is 1.98. The number of rotatable bonds is 4. The third-order valence-electron chi connectivity index (χ3n) is 6.48. The normalized spacial score (nSPS) is 21.5. The van der Waals surface area contributed by atoms with Crippen LogP contribution in [-0.2, 0) is 11.8 Å². The number of benzene rings is 2. The number of anilines is 1. The maximum absolute atomic E-state index is 14.5. The first-order valence-corrected chi connectivity index (χ1v) is 10.7. The zero-order valence-electron chi connectivity index (χ0n) is 18.9. The molecule has 0 fully saturated rings. The standard InChI is InChI=1S/C25H24F3N3O3/c1-23(2)13-24(33,25(26,27)28)22(16-8-7-14(11-12-29)21(34-3)20(16)23)31-18-6-4-5-17-15(18)9-10-19(32)30-17/h4-10,22,31,33H,11,13H2,1-3H3,(H,30,32). The average Bonchev–Trinajstić information content (AvgIpc) is 2.75. The lowest BCUT2D eigenvalue weighted by atomic mass is 9.63. The molecule has 2 aromatic carbocycles. The summed E-state index contributed by atoms with van der Waals surface area (Å²) in [5.74, 6) is 0.349. The molecule has 2 atom stereocenters. The molecular formula is C25H24F3N3O3. The van der Waals surface area contributed by atoms with Gasteiger partial charge in [0.15, 0.2) is 5.60 Å². The number of methoxy groups -OCH3 is 1. The molecule has 0 saturated carbocycles. The molecule has 1 heterocycles. The van der Waals surface area contributed by atoms with E-state index in [1.54, 1.807) is 38.1 Å². The van der Waals surface area contributed by atoms with E-state index in [2.05, 4.69) is 16.4 Å². The quantitative estimate of drug-likeness (QED) is 0.511. The van der Waals surface area contributed by atoms with Crippen molar-refractivity contribution in [1.82, 2.24) is 4.98 Å². The zero-order valence-corrected chi connectivity index (χ0v) is 18.9. The number of nitriles is 1. The molecular weight excluding hydrogens is 447 g/mol. The predicted octanol–water partition coefficient (Wildman–Crippen LogP) is 4.73. The van der Waals surface area contributed by atoms with Gasteiger partial charge in [-0.15, -0.1) is 0 Å². The van der Waals surface area contributed by atoms with Gasteiger partial charge in [-0.3, -0.25) is 4.79 Å². The summed E-state index contributed by atoms with van der Waals surface area (Å²) in [5.41, 5.74) is -2.46. The van der Waals surface area contributed by atoms with Crippen LogP contribution in [0.2, 0.25) is 0 Å². The number of ether oxygens (including phenoxy) is 1. The van der Waals surface area contributed by atoms with E-state index in [0.29, 0.717) is 33.5 Å². The second-order valence-electron chi connectivity index (χ2n) is 9.21.